The number of unbranched alkanes of at least 4 members (excludes halogenated alkanes) is 22. The van der Waals surface area contributed by atoms with Crippen LogP contribution in [0.25, 0.3) is 0 Å². The molecule has 0 heterocycles. The number of quaternary nitrogens is 1. The first-order chi connectivity index (χ1) is 28.4. The van der Waals surface area contributed by atoms with E-state index < -0.39 is 38.6 Å². The van der Waals surface area contributed by atoms with Gasteiger partial charge < -0.3 is 24.0 Å². The average molecular weight is 857 g/mol. The molecule has 0 aliphatic carbocycles. The first-order valence-corrected chi connectivity index (χ1v) is 25.3. The van der Waals surface area contributed by atoms with Crippen molar-refractivity contribution in [2.75, 3.05) is 47.5 Å². The summed E-state index contributed by atoms with van der Waals surface area (Å²) in [5.41, 5.74) is 0. The molecule has 0 radical (unpaired) electrons. The summed E-state index contributed by atoms with van der Waals surface area (Å²) < 4.78 is 34.3. The molecule has 10 nitrogen and oxygen atoms in total. The van der Waals surface area contributed by atoms with Crippen LogP contribution >= 0.6 is 7.82 Å². The molecule has 0 aromatic rings. The van der Waals surface area contributed by atoms with Crippen molar-refractivity contribution in [3.63, 3.8) is 0 Å². The van der Waals surface area contributed by atoms with E-state index >= 15 is 0 Å². The van der Waals surface area contributed by atoms with E-state index in [1.807, 2.05) is 39.4 Å². The number of aliphatic hydroxyl groups is 1. The highest BCUT2D eigenvalue weighted by molar-refractivity contribution is 7.47. The molecule has 0 aliphatic heterocycles. The minimum atomic E-state index is -4.40. The molecule has 0 rings (SSSR count). The fourth-order valence-corrected chi connectivity index (χ4v) is 7.29. The Morgan fingerprint density at radius 1 is 0.610 bits per heavy atom. The van der Waals surface area contributed by atoms with Crippen LogP contribution in [0.3, 0.4) is 0 Å². The van der Waals surface area contributed by atoms with Crippen LogP contribution in [-0.2, 0) is 32.7 Å². The Labute approximate surface area is 362 Å². The molecule has 0 fully saturated rings. The molecule has 59 heavy (non-hydrogen) atoms. The summed E-state index contributed by atoms with van der Waals surface area (Å²) >= 11 is 0. The molecule has 11 heteroatoms. The number of nitrogens with zero attached hydrogens (tertiary/aromatic N) is 1. The van der Waals surface area contributed by atoms with Crippen LogP contribution in [0.15, 0.2) is 36.5 Å². The van der Waals surface area contributed by atoms with Gasteiger partial charge in [-0.25, -0.2) is 4.57 Å². The number of aliphatic hydroxyl groups excluding tert-OH is 1. The van der Waals surface area contributed by atoms with Crippen LogP contribution in [0.5, 0.6) is 0 Å². The summed E-state index contributed by atoms with van der Waals surface area (Å²) in [5.74, 6) is -0.868. The second-order valence-electron chi connectivity index (χ2n) is 17.3. The number of carbonyl (C=O) groups excluding carboxylic acids is 2. The summed E-state index contributed by atoms with van der Waals surface area (Å²) in [5, 5.41) is 10.2. The third-order valence-electron chi connectivity index (χ3n) is 10.3. The van der Waals surface area contributed by atoms with Gasteiger partial charge in [-0.2, -0.15) is 0 Å². The van der Waals surface area contributed by atoms with Crippen LogP contribution in [-0.4, -0.2) is 86.1 Å². The van der Waals surface area contributed by atoms with Gasteiger partial charge in [-0.3, -0.25) is 18.6 Å². The molecule has 0 amide bonds. The highest BCUT2D eigenvalue weighted by Gasteiger charge is 2.27. The quantitative estimate of drug-likeness (QED) is 0.0154. The largest absolute Gasteiger partial charge is 0.472 e. The fraction of sp³-hybridized carbons (Fsp3) is 0.833. The van der Waals surface area contributed by atoms with Crippen molar-refractivity contribution in [1.29, 1.82) is 0 Å². The number of esters is 2. The van der Waals surface area contributed by atoms with Gasteiger partial charge >= 0.3 is 19.8 Å². The topological polar surface area (TPSA) is 129 Å². The van der Waals surface area contributed by atoms with Crippen molar-refractivity contribution in [2.24, 2.45) is 0 Å². The van der Waals surface area contributed by atoms with Crippen LogP contribution in [0.2, 0.25) is 0 Å². The first kappa shape index (κ1) is 57.2. The summed E-state index contributed by atoms with van der Waals surface area (Å²) in [6.07, 6.45) is 42.1. The van der Waals surface area contributed by atoms with Gasteiger partial charge in [0, 0.05) is 12.8 Å². The number of likely N-dealkylation sites (N-methyl/N-ethyl adjacent to an activating group) is 1. The van der Waals surface area contributed by atoms with Crippen molar-refractivity contribution in [1.82, 2.24) is 0 Å². The summed E-state index contributed by atoms with van der Waals surface area (Å²) in [4.78, 5) is 35.5. The molecular weight excluding hydrogens is 765 g/mol. The van der Waals surface area contributed by atoms with E-state index in [4.69, 9.17) is 18.5 Å². The van der Waals surface area contributed by atoms with Crippen LogP contribution in [0.4, 0.5) is 0 Å². The summed E-state index contributed by atoms with van der Waals surface area (Å²) in [7, 11) is 1.43. The van der Waals surface area contributed by atoms with Crippen LogP contribution in [0, 0.1) is 0 Å². The third-order valence-corrected chi connectivity index (χ3v) is 11.3. The minimum Gasteiger partial charge on any atom is -0.462 e. The molecule has 0 bridgehead atoms. The van der Waals surface area contributed by atoms with E-state index in [1.54, 1.807) is 0 Å². The number of rotatable bonds is 43. The van der Waals surface area contributed by atoms with E-state index in [0.29, 0.717) is 30.3 Å². The van der Waals surface area contributed by atoms with Gasteiger partial charge in [0.1, 0.15) is 19.8 Å². The Bertz CT molecular complexity index is 1120. The zero-order valence-electron chi connectivity index (χ0n) is 38.6. The standard InChI is InChI=1S/C48H90NO9P/c1-6-8-10-12-14-15-16-17-18-19-20-21-22-23-24-25-27-31-36-40-48(52)58-46(44-57-59(53,54)56-42-41-49(3,4)5)43-55-47(51)39-35-32-28-30-34-38-45(50)37-33-29-26-13-11-9-7-2/h9,11,26,29,33,37,45-46,50H,6-8,10,12-25,27-28,30-32,34-36,38-44H2,1-5H3/p+1/b11-9+,29-26+,37-33+/t45?,46-/m1/s1. The Kier molecular flexibility index (Phi) is 39.0. The number of hydrogen-bond acceptors (Lipinski definition) is 8. The van der Waals surface area contributed by atoms with E-state index in [0.717, 1.165) is 57.8 Å². The molecule has 346 valence electrons. The van der Waals surface area contributed by atoms with Crippen LogP contribution < -0.4 is 0 Å². The van der Waals surface area contributed by atoms with Gasteiger partial charge in [0.2, 0.25) is 0 Å². The van der Waals surface area contributed by atoms with Gasteiger partial charge in [0.05, 0.1) is 33.9 Å². The molecular formula is C48H91NO9P+. The molecule has 3 atom stereocenters. The van der Waals surface area contributed by atoms with E-state index in [9.17, 15) is 24.2 Å². The maximum atomic E-state index is 12.7. The Balaban J connectivity index is 4.35. The van der Waals surface area contributed by atoms with E-state index in [2.05, 4.69) is 32.1 Å². The Morgan fingerprint density at radius 3 is 1.61 bits per heavy atom. The van der Waals surface area contributed by atoms with Crippen LogP contribution in [0.1, 0.15) is 200 Å². The molecule has 0 saturated heterocycles. The third kappa shape index (κ3) is 44.1. The van der Waals surface area contributed by atoms with Crippen molar-refractivity contribution in [2.45, 2.75) is 212 Å². The molecule has 0 spiro atoms. The van der Waals surface area contributed by atoms with E-state index in [1.165, 1.54) is 96.3 Å². The number of hydrogen-bond donors (Lipinski definition) is 2. The lowest BCUT2D eigenvalue weighted by molar-refractivity contribution is -0.870. The lowest BCUT2D eigenvalue weighted by atomic mass is 10.0. The SMILES string of the molecule is CC/C=C/C/C=C/C=C/C(O)CCCCCCCC(=O)OC[C@H](COP(=O)(O)OCC[N+](C)(C)C)OC(=O)CCCCCCCCCCCCCCCCCCCCC. The second-order valence-corrected chi connectivity index (χ2v) is 18.8. The minimum absolute atomic E-state index is 0.0166. The summed E-state index contributed by atoms with van der Waals surface area (Å²) in [6, 6.07) is 0. The number of phosphoric ester groups is 1. The molecule has 0 aromatic heterocycles. The number of ether oxygens (including phenoxy) is 2. The fourth-order valence-electron chi connectivity index (χ4n) is 6.55. The second kappa shape index (κ2) is 40.3. The van der Waals surface area contributed by atoms with Crippen molar-refractivity contribution < 1.29 is 47.2 Å². The lowest BCUT2D eigenvalue weighted by Gasteiger charge is -2.24. The maximum absolute atomic E-state index is 12.7. The Morgan fingerprint density at radius 2 is 1.10 bits per heavy atom. The molecule has 2 N–H and O–H groups in total. The smallest absolute Gasteiger partial charge is 0.462 e. The number of carbonyl (C=O) groups is 2. The number of allylic oxidation sites excluding steroid dienone is 5. The molecule has 0 aromatic carbocycles. The van der Waals surface area contributed by atoms with Gasteiger partial charge in [-0.1, -0.05) is 192 Å². The lowest BCUT2D eigenvalue weighted by Crippen LogP contribution is -2.37. The van der Waals surface area contributed by atoms with Gasteiger partial charge in [0.25, 0.3) is 0 Å². The summed E-state index contributed by atoms with van der Waals surface area (Å²) in [6.45, 7) is 4.20. The number of phosphoric acid groups is 1. The van der Waals surface area contributed by atoms with Crippen molar-refractivity contribution >= 4 is 19.8 Å². The average Bonchev–Trinajstić information content (AvgIpc) is 3.18. The molecule has 2 unspecified atom stereocenters. The molecule has 0 aliphatic rings. The van der Waals surface area contributed by atoms with Gasteiger partial charge in [0.15, 0.2) is 6.10 Å². The highest BCUT2D eigenvalue weighted by Crippen LogP contribution is 2.43. The predicted octanol–water partition coefficient (Wildman–Crippen LogP) is 12.7. The van der Waals surface area contributed by atoms with E-state index in [-0.39, 0.29) is 26.1 Å². The Hall–Kier alpha value is -1.81. The van der Waals surface area contributed by atoms with Gasteiger partial charge in [-0.05, 0) is 32.1 Å². The zero-order valence-corrected chi connectivity index (χ0v) is 39.5. The highest BCUT2D eigenvalue weighted by atomic mass is 31.2. The van der Waals surface area contributed by atoms with Crippen molar-refractivity contribution in [3.05, 3.63) is 36.5 Å². The zero-order chi connectivity index (χ0) is 43.7. The van der Waals surface area contributed by atoms with Gasteiger partial charge in [-0.15, -0.1) is 0 Å². The normalized spacial score (nSPS) is 14.4. The maximum Gasteiger partial charge on any atom is 0.472 e. The van der Waals surface area contributed by atoms with Crippen molar-refractivity contribution in [3.8, 4) is 0 Å². The monoisotopic (exact) mass is 857 g/mol. The first-order valence-electron chi connectivity index (χ1n) is 23.8. The molecule has 0 saturated carbocycles. The predicted molar refractivity (Wildman–Crippen MR) is 244 cm³/mol.